The van der Waals surface area contributed by atoms with Gasteiger partial charge >= 0.3 is 0 Å². The lowest BCUT2D eigenvalue weighted by atomic mass is 10.2. The molecule has 0 radical (unpaired) electrons. The fourth-order valence-electron chi connectivity index (χ4n) is 1.41. The van der Waals surface area contributed by atoms with Gasteiger partial charge in [0.05, 0.1) is 21.2 Å². The first-order chi connectivity index (χ1) is 8.08. The third-order valence-corrected chi connectivity index (χ3v) is 3.94. The number of thiophene rings is 1. The minimum Gasteiger partial charge on any atom is -0.288 e. The van der Waals surface area contributed by atoms with E-state index in [2.05, 4.69) is 21.0 Å². The fourth-order valence-corrected chi connectivity index (χ4v) is 2.68. The molecule has 0 bridgehead atoms. The molecule has 0 unspecified atom stereocenters. The molecule has 2 aromatic heterocycles. The van der Waals surface area contributed by atoms with Crippen molar-refractivity contribution in [2.24, 2.45) is 7.05 Å². The summed E-state index contributed by atoms with van der Waals surface area (Å²) in [5.41, 5.74) is 0.881. The van der Waals surface area contributed by atoms with Gasteiger partial charge < -0.3 is 0 Å². The van der Waals surface area contributed by atoms with Crippen molar-refractivity contribution in [3.63, 3.8) is 0 Å². The van der Waals surface area contributed by atoms with Crippen LogP contribution in [0.3, 0.4) is 0 Å². The van der Waals surface area contributed by atoms with Crippen LogP contribution in [0, 0.1) is 6.92 Å². The molecule has 2 aromatic rings. The number of carbonyl (C=O) groups is 1. The van der Waals surface area contributed by atoms with Gasteiger partial charge in [0, 0.05) is 11.9 Å². The smallest absolute Gasteiger partial charge is 0.195 e. The lowest BCUT2D eigenvalue weighted by molar-refractivity contribution is 0.105. The Labute approximate surface area is 112 Å². The topological polar surface area (TPSA) is 34.9 Å². The van der Waals surface area contributed by atoms with E-state index < -0.39 is 0 Å². The normalized spacial score (nSPS) is 11.2. The zero-order valence-electron chi connectivity index (χ0n) is 9.48. The highest BCUT2D eigenvalue weighted by molar-refractivity contribution is 9.10. The Morgan fingerprint density at radius 1 is 1.53 bits per heavy atom. The van der Waals surface area contributed by atoms with Gasteiger partial charge in [-0.05, 0) is 47.1 Å². The number of aromatic nitrogens is 2. The molecule has 17 heavy (non-hydrogen) atoms. The number of ketones is 1. The Balaban J connectivity index is 2.19. The third kappa shape index (κ3) is 2.73. The van der Waals surface area contributed by atoms with Crippen LogP contribution >= 0.6 is 27.3 Å². The van der Waals surface area contributed by atoms with Crippen molar-refractivity contribution in [2.45, 2.75) is 6.92 Å². The van der Waals surface area contributed by atoms with E-state index in [1.54, 1.807) is 23.0 Å². The summed E-state index contributed by atoms with van der Waals surface area (Å²) in [6.07, 6.45) is 5.06. The molecule has 0 saturated carbocycles. The second kappa shape index (κ2) is 4.98. The maximum absolute atomic E-state index is 11.9. The van der Waals surface area contributed by atoms with Crippen molar-refractivity contribution >= 4 is 39.1 Å². The maximum Gasteiger partial charge on any atom is 0.195 e. The van der Waals surface area contributed by atoms with Crippen LogP contribution in [-0.4, -0.2) is 15.6 Å². The monoisotopic (exact) mass is 310 g/mol. The van der Waals surface area contributed by atoms with Crippen molar-refractivity contribution in [1.29, 1.82) is 0 Å². The lowest BCUT2D eigenvalue weighted by Gasteiger charge is -1.94. The second-order valence-corrected chi connectivity index (χ2v) is 5.75. The van der Waals surface area contributed by atoms with Gasteiger partial charge in [0.1, 0.15) is 0 Å². The highest BCUT2D eigenvalue weighted by Gasteiger charge is 2.06. The number of hydrogen-bond donors (Lipinski definition) is 0. The van der Waals surface area contributed by atoms with Gasteiger partial charge in [-0.1, -0.05) is 0 Å². The van der Waals surface area contributed by atoms with Crippen LogP contribution in [0.15, 0.2) is 28.9 Å². The summed E-state index contributed by atoms with van der Waals surface area (Å²) in [4.78, 5) is 13.8. The average Bonchev–Trinajstić information content (AvgIpc) is 2.84. The first kappa shape index (κ1) is 12.3. The molecule has 3 nitrogen and oxygen atoms in total. The van der Waals surface area contributed by atoms with Crippen molar-refractivity contribution in [3.8, 4) is 0 Å². The van der Waals surface area contributed by atoms with Crippen molar-refractivity contribution in [1.82, 2.24) is 9.78 Å². The molecule has 0 spiro atoms. The molecular weight excluding hydrogens is 300 g/mol. The maximum atomic E-state index is 11.9. The molecule has 0 aliphatic heterocycles. The number of halogens is 1. The lowest BCUT2D eigenvalue weighted by Crippen LogP contribution is -1.94. The number of allylic oxidation sites excluding steroid dienone is 1. The molecule has 5 heteroatoms. The highest BCUT2D eigenvalue weighted by Crippen LogP contribution is 2.19. The van der Waals surface area contributed by atoms with Gasteiger partial charge in [0.2, 0.25) is 0 Å². The molecule has 0 saturated heterocycles. The summed E-state index contributed by atoms with van der Waals surface area (Å²) in [6.45, 7) is 1.99. The number of aryl methyl sites for hydroxylation is 2. The van der Waals surface area contributed by atoms with E-state index in [0.29, 0.717) is 0 Å². The number of nitrogens with zero attached hydrogens (tertiary/aromatic N) is 2. The minimum absolute atomic E-state index is 0.0243. The zero-order valence-corrected chi connectivity index (χ0v) is 11.9. The Bertz CT molecular complexity index is 564. The van der Waals surface area contributed by atoms with E-state index in [0.717, 1.165) is 19.9 Å². The van der Waals surface area contributed by atoms with E-state index in [-0.39, 0.29) is 5.78 Å². The molecule has 2 rings (SSSR count). The van der Waals surface area contributed by atoms with E-state index >= 15 is 0 Å². The molecular formula is C12H11BrN2OS. The molecule has 0 atom stereocenters. The Morgan fingerprint density at radius 2 is 2.29 bits per heavy atom. The summed E-state index contributed by atoms with van der Waals surface area (Å²) in [5, 5.41) is 4.08. The van der Waals surface area contributed by atoms with E-state index in [1.807, 2.05) is 26.1 Å². The Kier molecular flexibility index (Phi) is 3.59. The van der Waals surface area contributed by atoms with Crippen LogP contribution < -0.4 is 0 Å². The quantitative estimate of drug-likeness (QED) is 0.643. The molecule has 0 aliphatic carbocycles. The van der Waals surface area contributed by atoms with Crippen LogP contribution in [0.1, 0.15) is 20.2 Å². The number of hydrogen-bond acceptors (Lipinski definition) is 3. The molecule has 0 amide bonds. The summed E-state index contributed by atoms with van der Waals surface area (Å²) in [7, 11) is 1.84. The minimum atomic E-state index is 0.0243. The van der Waals surface area contributed by atoms with Crippen LogP contribution in [0.2, 0.25) is 0 Å². The van der Waals surface area contributed by atoms with Crippen molar-refractivity contribution in [2.75, 3.05) is 0 Å². The average molecular weight is 311 g/mol. The molecule has 88 valence electrons. The summed E-state index contributed by atoms with van der Waals surface area (Å²) in [6, 6.07) is 3.80. The largest absolute Gasteiger partial charge is 0.288 e. The van der Waals surface area contributed by atoms with E-state index in [4.69, 9.17) is 0 Å². The van der Waals surface area contributed by atoms with Crippen LogP contribution in [0.5, 0.6) is 0 Å². The zero-order chi connectivity index (χ0) is 12.4. The standard InChI is InChI=1S/C12H11BrN2OS/c1-8-3-6-12(17-8)11(16)5-4-10-9(13)7-14-15(10)2/h3-7H,1-2H3/b5-4+. The van der Waals surface area contributed by atoms with Crippen molar-refractivity contribution < 1.29 is 4.79 Å². The van der Waals surface area contributed by atoms with Crippen LogP contribution in [0.25, 0.3) is 6.08 Å². The van der Waals surface area contributed by atoms with Crippen LogP contribution in [-0.2, 0) is 7.05 Å². The van der Waals surface area contributed by atoms with Gasteiger partial charge in [-0.25, -0.2) is 0 Å². The molecule has 0 aliphatic rings. The first-order valence-corrected chi connectivity index (χ1v) is 6.65. The first-order valence-electron chi connectivity index (χ1n) is 5.04. The van der Waals surface area contributed by atoms with Gasteiger partial charge in [-0.15, -0.1) is 11.3 Å². The number of rotatable bonds is 3. The number of carbonyl (C=O) groups excluding carboxylic acids is 1. The molecule has 0 N–H and O–H groups in total. The van der Waals surface area contributed by atoms with Gasteiger partial charge in [0.25, 0.3) is 0 Å². The van der Waals surface area contributed by atoms with Gasteiger partial charge in [0.15, 0.2) is 5.78 Å². The highest BCUT2D eigenvalue weighted by atomic mass is 79.9. The summed E-state index contributed by atoms with van der Waals surface area (Å²) < 4.78 is 2.60. The molecule has 0 aromatic carbocycles. The molecule has 2 heterocycles. The van der Waals surface area contributed by atoms with Crippen molar-refractivity contribution in [3.05, 3.63) is 44.3 Å². The van der Waals surface area contributed by atoms with Crippen LogP contribution in [0.4, 0.5) is 0 Å². The fraction of sp³-hybridized carbons (Fsp3) is 0.167. The summed E-state index contributed by atoms with van der Waals surface area (Å²) in [5.74, 6) is 0.0243. The van der Waals surface area contributed by atoms with E-state index in [1.165, 1.54) is 11.3 Å². The predicted octanol–water partition coefficient (Wildman–Crippen LogP) is 3.45. The summed E-state index contributed by atoms with van der Waals surface area (Å²) >= 11 is 4.89. The third-order valence-electron chi connectivity index (χ3n) is 2.31. The Morgan fingerprint density at radius 3 is 2.82 bits per heavy atom. The van der Waals surface area contributed by atoms with E-state index in [9.17, 15) is 4.79 Å². The van der Waals surface area contributed by atoms with Gasteiger partial charge in [-0.3, -0.25) is 9.48 Å². The second-order valence-electron chi connectivity index (χ2n) is 3.61. The predicted molar refractivity (Wildman–Crippen MR) is 73.3 cm³/mol. The SMILES string of the molecule is Cc1ccc(C(=O)/C=C/c2c(Br)cnn2C)s1. The Hall–Kier alpha value is -1.20. The molecule has 0 fully saturated rings. The van der Waals surface area contributed by atoms with Gasteiger partial charge in [-0.2, -0.15) is 5.10 Å².